The zero-order valence-corrected chi connectivity index (χ0v) is 14.2. The molecular weight excluding hydrogens is 322 g/mol. The van der Waals surface area contributed by atoms with Gasteiger partial charge in [0.15, 0.2) is 5.78 Å². The first kappa shape index (κ1) is 23.9. The number of hydrogen-bond donors (Lipinski definition) is 0. The Bertz CT molecular complexity index is 109. The summed E-state index contributed by atoms with van der Waals surface area (Å²) in [5.74, 6) is -0.241. The first-order valence-electron chi connectivity index (χ1n) is 3.46. The molecule has 1 heterocycles. The summed E-state index contributed by atoms with van der Waals surface area (Å²) in [5.41, 5.74) is 0. The minimum atomic E-state index is -0.260. The maximum Gasteiger partial charge on any atom is 0.306 e. The number of esters is 1. The molecule has 0 N–H and O–H groups in total. The molecule has 0 bridgehead atoms. The second-order valence-electron chi connectivity index (χ2n) is 1.70. The zero-order chi connectivity index (χ0) is 7.98. The van der Waals surface area contributed by atoms with Crippen LogP contribution in [-0.4, -0.2) is 18.4 Å². The van der Waals surface area contributed by atoms with Crippen molar-refractivity contribution in [3.8, 4) is 0 Å². The fourth-order valence-corrected chi connectivity index (χ4v) is 0.547. The van der Waals surface area contributed by atoms with Crippen LogP contribution in [0, 0.1) is 7.43 Å². The molecule has 0 aromatic heterocycles. The summed E-state index contributed by atoms with van der Waals surface area (Å²) in [4.78, 5) is 20.6. The van der Waals surface area contributed by atoms with Crippen LogP contribution in [0.5, 0.6) is 0 Å². The average Bonchev–Trinajstić information content (AvgIpc) is 2.00. The molecule has 1 rings (SSSR count). The number of carbonyl (C=O) groups is 2. The Kier molecular flexibility index (Phi) is 29.0. The number of ketones is 1. The molecule has 0 amide bonds. The van der Waals surface area contributed by atoms with Crippen molar-refractivity contribution < 1.29 is 79.7 Å². The monoisotopic (exact) mass is 337 g/mol. The molecule has 13 heavy (non-hydrogen) atoms. The molecule has 1 aliphatic heterocycles. The molecule has 0 spiro atoms. The van der Waals surface area contributed by atoms with E-state index in [1.165, 1.54) is 0 Å². The second kappa shape index (κ2) is 15.8. The molecule has 1 saturated heterocycles. The zero-order valence-electron chi connectivity index (χ0n) is 8.50. The van der Waals surface area contributed by atoms with E-state index >= 15 is 0 Å². The van der Waals surface area contributed by atoms with Crippen molar-refractivity contribution in [2.45, 2.75) is 26.7 Å². The number of cyclic esters (lactones) is 1. The number of carbonyl (C=O) groups excluding carboxylic acids is 2. The summed E-state index contributed by atoms with van der Waals surface area (Å²) in [6.45, 7) is 3.98. The summed E-state index contributed by atoms with van der Waals surface area (Å²) < 4.78 is 4.40. The van der Waals surface area contributed by atoms with Crippen molar-refractivity contribution in [2.24, 2.45) is 0 Å². The van der Waals surface area contributed by atoms with Gasteiger partial charge in [-0.15, -0.1) is 0 Å². The molecular formula is C8H15O3Y2-. The Morgan fingerprint density at radius 2 is 1.54 bits per heavy atom. The standard InChI is InChI=1S/C5H6O3.C2H6.CH3.2Y/c6-4-1-2-5(7)8-3-4;1-2;;;/h1-3H2;1-2H3;1H3;;/q;;-1;;. The number of hydrogen-bond acceptors (Lipinski definition) is 3. The van der Waals surface area contributed by atoms with Gasteiger partial charge in [0.1, 0.15) is 6.61 Å². The van der Waals surface area contributed by atoms with Gasteiger partial charge in [-0.1, -0.05) is 13.8 Å². The third-order valence-corrected chi connectivity index (χ3v) is 1.00. The van der Waals surface area contributed by atoms with Gasteiger partial charge in [0, 0.05) is 71.8 Å². The quantitative estimate of drug-likeness (QED) is 0.495. The minimum absolute atomic E-state index is 0. The first-order valence-corrected chi connectivity index (χ1v) is 3.46. The summed E-state index contributed by atoms with van der Waals surface area (Å²) in [6.07, 6.45) is 0.623. The van der Waals surface area contributed by atoms with Crippen molar-refractivity contribution in [1.29, 1.82) is 0 Å². The smallest absolute Gasteiger partial charge is 0.306 e. The van der Waals surface area contributed by atoms with E-state index in [0.29, 0.717) is 6.42 Å². The van der Waals surface area contributed by atoms with Crippen molar-refractivity contribution in [2.75, 3.05) is 6.61 Å². The van der Waals surface area contributed by atoms with Crippen LogP contribution >= 0.6 is 0 Å². The van der Waals surface area contributed by atoms with E-state index in [2.05, 4.69) is 4.74 Å². The average molecular weight is 337 g/mol. The molecule has 5 heteroatoms. The first-order chi connectivity index (χ1) is 4.79. The van der Waals surface area contributed by atoms with E-state index in [-0.39, 0.29) is 97.6 Å². The minimum Gasteiger partial charge on any atom is -0.458 e. The number of ether oxygens (including phenoxy) is 1. The van der Waals surface area contributed by atoms with Gasteiger partial charge in [-0.25, -0.2) is 0 Å². The molecule has 0 aromatic carbocycles. The molecule has 0 aromatic rings. The summed E-state index contributed by atoms with van der Waals surface area (Å²) >= 11 is 0. The Labute approximate surface area is 131 Å². The van der Waals surface area contributed by atoms with Gasteiger partial charge >= 0.3 is 5.97 Å². The van der Waals surface area contributed by atoms with Crippen molar-refractivity contribution in [3.05, 3.63) is 7.43 Å². The van der Waals surface area contributed by atoms with Gasteiger partial charge in [-0.3, -0.25) is 9.59 Å². The molecule has 0 saturated carbocycles. The normalized spacial score (nSPS) is 13.1. The molecule has 0 aliphatic carbocycles. The van der Waals surface area contributed by atoms with Gasteiger partial charge < -0.3 is 12.2 Å². The maximum atomic E-state index is 10.3. The topological polar surface area (TPSA) is 43.4 Å². The molecule has 0 atom stereocenters. The summed E-state index contributed by atoms with van der Waals surface area (Å²) in [6, 6.07) is 0. The van der Waals surface area contributed by atoms with Crippen LogP contribution in [0.25, 0.3) is 0 Å². The molecule has 1 aliphatic rings. The van der Waals surface area contributed by atoms with Crippen LogP contribution in [-0.2, 0) is 79.7 Å². The van der Waals surface area contributed by atoms with Crippen LogP contribution in [0.15, 0.2) is 0 Å². The summed E-state index contributed by atoms with van der Waals surface area (Å²) in [7, 11) is 0. The van der Waals surface area contributed by atoms with Gasteiger partial charge in [-0.05, 0) is 0 Å². The Morgan fingerprint density at radius 1 is 1.08 bits per heavy atom. The maximum absolute atomic E-state index is 10.3. The van der Waals surface area contributed by atoms with Crippen LogP contribution in [0.2, 0.25) is 0 Å². The molecule has 1 fully saturated rings. The Morgan fingerprint density at radius 3 is 1.77 bits per heavy atom. The van der Waals surface area contributed by atoms with Gasteiger partial charge in [0.2, 0.25) is 0 Å². The summed E-state index contributed by atoms with van der Waals surface area (Å²) in [5, 5.41) is 0. The number of Topliss-reactive ketones (excluding diaryl/α,β-unsaturated/α-hetero) is 1. The molecule has 0 unspecified atom stereocenters. The van der Waals surface area contributed by atoms with E-state index < -0.39 is 0 Å². The fourth-order valence-electron chi connectivity index (χ4n) is 0.547. The van der Waals surface area contributed by atoms with E-state index in [1.807, 2.05) is 13.8 Å². The van der Waals surface area contributed by atoms with Crippen molar-refractivity contribution in [3.63, 3.8) is 0 Å². The molecule has 3 nitrogen and oxygen atoms in total. The van der Waals surface area contributed by atoms with E-state index in [9.17, 15) is 9.59 Å². The van der Waals surface area contributed by atoms with Crippen molar-refractivity contribution in [1.82, 2.24) is 0 Å². The Balaban J connectivity index is -0.0000000761. The van der Waals surface area contributed by atoms with Crippen LogP contribution in [0.1, 0.15) is 26.7 Å². The van der Waals surface area contributed by atoms with Crippen LogP contribution < -0.4 is 0 Å². The largest absolute Gasteiger partial charge is 0.458 e. The molecule has 72 valence electrons. The van der Waals surface area contributed by atoms with E-state index in [0.717, 1.165) is 0 Å². The molecule has 2 radical (unpaired) electrons. The third kappa shape index (κ3) is 13.3. The number of rotatable bonds is 0. The predicted molar refractivity (Wildman–Crippen MR) is 43.0 cm³/mol. The van der Waals surface area contributed by atoms with E-state index in [4.69, 9.17) is 0 Å². The third-order valence-electron chi connectivity index (χ3n) is 1.00. The second-order valence-corrected chi connectivity index (χ2v) is 1.70. The van der Waals surface area contributed by atoms with E-state index in [1.54, 1.807) is 0 Å². The van der Waals surface area contributed by atoms with Crippen molar-refractivity contribution >= 4 is 11.8 Å². The van der Waals surface area contributed by atoms with Crippen LogP contribution in [0.4, 0.5) is 0 Å². The van der Waals surface area contributed by atoms with Crippen LogP contribution in [0.3, 0.4) is 0 Å². The SMILES string of the molecule is CC.O=C1CCC(=O)OC1.[CH3-].[Y].[Y]. The fraction of sp³-hybridized carbons (Fsp3) is 0.625. The van der Waals surface area contributed by atoms with Gasteiger partial charge in [-0.2, -0.15) is 0 Å². The predicted octanol–water partition coefficient (Wildman–Crippen LogP) is 1.36. The Hall–Kier alpha value is 1.35. The van der Waals surface area contributed by atoms with Gasteiger partial charge in [0.05, 0.1) is 6.42 Å². The van der Waals surface area contributed by atoms with Gasteiger partial charge in [0.25, 0.3) is 0 Å².